The lowest BCUT2D eigenvalue weighted by molar-refractivity contribution is -0.132. The van der Waals surface area contributed by atoms with Gasteiger partial charge >= 0.3 is 6.09 Å². The standard InChI is InChI=1S/C21H35N3O3/c1-3-16-5-6-19(25)24(16)17-7-10-22(11-8-17)18-13-21(14-18)9-12-23(15-21)20(26)27-4-2/h16-18H,3-15H2,1-2H3/t16-,18?,21?/m1/s1. The fourth-order valence-corrected chi connectivity index (χ4v) is 6.03. The topological polar surface area (TPSA) is 53.1 Å². The summed E-state index contributed by atoms with van der Waals surface area (Å²) in [6.45, 7) is 8.49. The molecule has 0 unspecified atom stereocenters. The molecule has 6 nitrogen and oxygen atoms in total. The normalized spacial score (nSPS) is 35.1. The second kappa shape index (κ2) is 7.61. The van der Waals surface area contributed by atoms with Crippen LogP contribution in [-0.2, 0) is 9.53 Å². The summed E-state index contributed by atoms with van der Waals surface area (Å²) in [7, 11) is 0. The van der Waals surface area contributed by atoms with Gasteiger partial charge in [0.15, 0.2) is 0 Å². The van der Waals surface area contributed by atoms with Gasteiger partial charge in [-0.25, -0.2) is 4.79 Å². The molecule has 0 bridgehead atoms. The smallest absolute Gasteiger partial charge is 0.409 e. The van der Waals surface area contributed by atoms with Crippen LogP contribution in [-0.4, -0.2) is 77.6 Å². The maximum Gasteiger partial charge on any atom is 0.409 e. The lowest BCUT2D eigenvalue weighted by atomic mass is 9.64. The van der Waals surface area contributed by atoms with E-state index in [1.54, 1.807) is 0 Å². The van der Waals surface area contributed by atoms with Crippen LogP contribution >= 0.6 is 0 Å². The van der Waals surface area contributed by atoms with Gasteiger partial charge in [0.2, 0.25) is 5.91 Å². The number of likely N-dealkylation sites (tertiary alicyclic amines) is 3. The Morgan fingerprint density at radius 2 is 1.85 bits per heavy atom. The van der Waals surface area contributed by atoms with Crippen LogP contribution in [0.3, 0.4) is 0 Å². The number of ether oxygens (including phenoxy) is 1. The molecule has 27 heavy (non-hydrogen) atoms. The Bertz CT molecular complexity index is 567. The van der Waals surface area contributed by atoms with Crippen LogP contribution in [0.15, 0.2) is 0 Å². The molecule has 0 N–H and O–H groups in total. The van der Waals surface area contributed by atoms with E-state index in [4.69, 9.17) is 4.74 Å². The molecule has 0 radical (unpaired) electrons. The molecule has 1 aliphatic carbocycles. The molecule has 6 heteroatoms. The molecular weight excluding hydrogens is 342 g/mol. The van der Waals surface area contributed by atoms with E-state index in [2.05, 4.69) is 16.7 Å². The van der Waals surface area contributed by atoms with Gasteiger partial charge in [-0.2, -0.15) is 0 Å². The van der Waals surface area contributed by atoms with Gasteiger partial charge in [-0.15, -0.1) is 0 Å². The van der Waals surface area contributed by atoms with Gasteiger partial charge in [0.1, 0.15) is 0 Å². The van der Waals surface area contributed by atoms with Crippen molar-refractivity contribution in [3.8, 4) is 0 Å². The van der Waals surface area contributed by atoms with Crippen molar-refractivity contribution in [2.45, 2.75) is 83.3 Å². The molecule has 2 amide bonds. The highest BCUT2D eigenvalue weighted by molar-refractivity contribution is 5.79. The lowest BCUT2D eigenvalue weighted by Crippen LogP contribution is -2.56. The summed E-state index contributed by atoms with van der Waals surface area (Å²) in [6, 6.07) is 1.61. The van der Waals surface area contributed by atoms with Crippen molar-refractivity contribution in [2.24, 2.45) is 5.41 Å². The Hall–Kier alpha value is -1.30. The Morgan fingerprint density at radius 3 is 2.52 bits per heavy atom. The molecule has 1 spiro atoms. The highest BCUT2D eigenvalue weighted by Gasteiger charge is 2.51. The van der Waals surface area contributed by atoms with E-state index in [1.807, 2.05) is 11.8 Å². The Kier molecular flexibility index (Phi) is 5.36. The third kappa shape index (κ3) is 3.57. The third-order valence-electron chi connectivity index (χ3n) is 7.55. The maximum absolute atomic E-state index is 12.3. The fraction of sp³-hybridized carbons (Fsp3) is 0.905. The van der Waals surface area contributed by atoms with Crippen molar-refractivity contribution >= 4 is 12.0 Å². The number of hydrogen-bond donors (Lipinski definition) is 0. The summed E-state index contributed by atoms with van der Waals surface area (Å²) in [5.74, 6) is 0.382. The van der Waals surface area contributed by atoms with Crippen LogP contribution in [0.25, 0.3) is 0 Å². The zero-order chi connectivity index (χ0) is 19.0. The minimum atomic E-state index is -0.139. The van der Waals surface area contributed by atoms with Crippen LogP contribution in [0.5, 0.6) is 0 Å². The highest BCUT2D eigenvalue weighted by atomic mass is 16.6. The number of carbonyl (C=O) groups excluding carboxylic acids is 2. The Labute approximate surface area is 163 Å². The first-order valence-corrected chi connectivity index (χ1v) is 11.0. The van der Waals surface area contributed by atoms with E-state index < -0.39 is 0 Å². The van der Waals surface area contributed by atoms with Gasteiger partial charge in [-0.3, -0.25) is 4.79 Å². The molecule has 4 aliphatic rings. The lowest BCUT2D eigenvalue weighted by Gasteiger charge is -2.52. The first-order chi connectivity index (χ1) is 13.0. The van der Waals surface area contributed by atoms with Gasteiger partial charge < -0.3 is 19.4 Å². The van der Waals surface area contributed by atoms with Crippen LogP contribution in [0, 0.1) is 5.41 Å². The summed E-state index contributed by atoms with van der Waals surface area (Å²) >= 11 is 0. The van der Waals surface area contributed by atoms with Gasteiger partial charge in [-0.1, -0.05) is 6.92 Å². The van der Waals surface area contributed by atoms with Gasteiger partial charge in [-0.05, 0) is 57.3 Å². The molecule has 3 heterocycles. The van der Waals surface area contributed by atoms with Gasteiger partial charge in [0.25, 0.3) is 0 Å². The van der Waals surface area contributed by atoms with E-state index >= 15 is 0 Å². The van der Waals surface area contributed by atoms with Crippen molar-refractivity contribution in [1.29, 1.82) is 0 Å². The van der Waals surface area contributed by atoms with E-state index in [0.717, 1.165) is 64.7 Å². The van der Waals surface area contributed by atoms with E-state index in [0.29, 0.717) is 36.1 Å². The van der Waals surface area contributed by atoms with Crippen molar-refractivity contribution < 1.29 is 14.3 Å². The predicted molar refractivity (Wildman–Crippen MR) is 103 cm³/mol. The van der Waals surface area contributed by atoms with Crippen LogP contribution in [0.1, 0.15) is 65.2 Å². The predicted octanol–water partition coefficient (Wildman–Crippen LogP) is 2.86. The molecule has 3 saturated heterocycles. The quantitative estimate of drug-likeness (QED) is 0.756. The van der Waals surface area contributed by atoms with E-state index in [9.17, 15) is 9.59 Å². The monoisotopic (exact) mass is 377 g/mol. The third-order valence-corrected chi connectivity index (χ3v) is 7.55. The van der Waals surface area contributed by atoms with E-state index in [1.165, 1.54) is 12.8 Å². The fourth-order valence-electron chi connectivity index (χ4n) is 6.03. The summed E-state index contributed by atoms with van der Waals surface area (Å²) in [6.07, 6.45) is 8.56. The van der Waals surface area contributed by atoms with Crippen molar-refractivity contribution in [3.05, 3.63) is 0 Å². The van der Waals surface area contributed by atoms with Crippen LogP contribution in [0.4, 0.5) is 4.79 Å². The molecule has 0 aromatic rings. The average molecular weight is 378 g/mol. The second-order valence-corrected chi connectivity index (χ2v) is 9.10. The Balaban J connectivity index is 1.24. The number of rotatable bonds is 4. The number of hydrogen-bond acceptors (Lipinski definition) is 4. The zero-order valence-corrected chi connectivity index (χ0v) is 17.0. The molecule has 0 aromatic heterocycles. The molecular formula is C21H35N3O3. The van der Waals surface area contributed by atoms with Crippen molar-refractivity contribution in [1.82, 2.24) is 14.7 Å². The summed E-state index contributed by atoms with van der Waals surface area (Å²) in [4.78, 5) is 31.0. The summed E-state index contributed by atoms with van der Waals surface area (Å²) in [5, 5.41) is 0. The number of carbonyl (C=O) groups is 2. The molecule has 1 saturated carbocycles. The van der Waals surface area contributed by atoms with Crippen molar-refractivity contribution in [2.75, 3.05) is 32.8 Å². The Morgan fingerprint density at radius 1 is 1.11 bits per heavy atom. The summed E-state index contributed by atoms with van der Waals surface area (Å²) in [5.41, 5.74) is 0.340. The second-order valence-electron chi connectivity index (χ2n) is 9.10. The van der Waals surface area contributed by atoms with E-state index in [-0.39, 0.29) is 6.09 Å². The molecule has 152 valence electrons. The zero-order valence-electron chi connectivity index (χ0n) is 17.0. The molecule has 0 aromatic carbocycles. The summed E-state index contributed by atoms with van der Waals surface area (Å²) < 4.78 is 5.16. The number of piperidine rings is 1. The minimum Gasteiger partial charge on any atom is -0.450 e. The maximum atomic E-state index is 12.3. The SMILES string of the molecule is CCOC(=O)N1CCC2(CC(N3CCC(N4C(=O)CC[C@H]4CC)CC3)C2)C1. The molecule has 4 rings (SSSR count). The number of nitrogens with zero attached hydrogens (tertiary/aromatic N) is 3. The van der Waals surface area contributed by atoms with Gasteiger partial charge in [0.05, 0.1) is 6.61 Å². The minimum absolute atomic E-state index is 0.139. The number of amides is 2. The van der Waals surface area contributed by atoms with Gasteiger partial charge in [0, 0.05) is 50.7 Å². The van der Waals surface area contributed by atoms with Crippen LogP contribution < -0.4 is 0 Å². The largest absolute Gasteiger partial charge is 0.450 e. The molecule has 3 aliphatic heterocycles. The molecule has 4 fully saturated rings. The average Bonchev–Trinajstić information content (AvgIpc) is 3.25. The first-order valence-electron chi connectivity index (χ1n) is 11.0. The van der Waals surface area contributed by atoms with Crippen molar-refractivity contribution in [3.63, 3.8) is 0 Å². The molecule has 1 atom stereocenters. The highest BCUT2D eigenvalue weighted by Crippen LogP contribution is 2.50. The first kappa shape index (κ1) is 19.0. The van der Waals surface area contributed by atoms with Crippen LogP contribution in [0.2, 0.25) is 0 Å².